The summed E-state index contributed by atoms with van der Waals surface area (Å²) in [4.78, 5) is 4.31. The topological polar surface area (TPSA) is 81.2 Å². The molecular weight excluding hydrogens is 369 g/mol. The maximum Gasteiger partial charge on any atom is 0.161 e. The molecule has 0 bridgehead atoms. The number of nitrogen functional groups attached to an aromatic ring is 1. The summed E-state index contributed by atoms with van der Waals surface area (Å²) < 4.78 is 24.5. The van der Waals surface area contributed by atoms with Crippen molar-refractivity contribution in [3.05, 3.63) is 58.9 Å². The van der Waals surface area contributed by atoms with Crippen molar-refractivity contribution in [1.82, 2.24) is 4.98 Å². The molecule has 0 saturated carbocycles. The van der Waals surface area contributed by atoms with Gasteiger partial charge in [0.25, 0.3) is 0 Å². The van der Waals surface area contributed by atoms with Crippen LogP contribution in [-0.2, 0) is 0 Å². The highest BCUT2D eigenvalue weighted by Gasteiger charge is 2.16. The van der Waals surface area contributed by atoms with Crippen LogP contribution in [-0.4, -0.2) is 19.2 Å². The van der Waals surface area contributed by atoms with Crippen molar-refractivity contribution in [3.8, 4) is 40.0 Å². The SMILES string of the molecule is COc1ccc(-c2cc(-c3ccc(Cl)c(F)c3)c(C#N)c(N)n2)cc1OC. The third-order valence-corrected chi connectivity index (χ3v) is 4.38. The third kappa shape index (κ3) is 3.50. The number of nitrogens with two attached hydrogens (primary N) is 1. The molecule has 0 fully saturated rings. The molecule has 27 heavy (non-hydrogen) atoms. The quantitative estimate of drug-likeness (QED) is 0.707. The number of aromatic nitrogens is 1. The fourth-order valence-corrected chi connectivity index (χ4v) is 2.83. The standard InChI is InChI=1S/C20H15ClFN3O2/c1-26-18-6-4-12(8-19(18)27-2)17-9-13(14(10-23)20(24)25-17)11-3-5-15(21)16(22)7-11/h3-9H,1-2H3,(H2,24,25). The highest BCUT2D eigenvalue weighted by molar-refractivity contribution is 6.30. The Balaban J connectivity index is 2.21. The lowest BCUT2D eigenvalue weighted by atomic mass is 9.98. The summed E-state index contributed by atoms with van der Waals surface area (Å²) >= 11 is 5.76. The zero-order valence-electron chi connectivity index (χ0n) is 14.6. The van der Waals surface area contributed by atoms with Gasteiger partial charge >= 0.3 is 0 Å². The van der Waals surface area contributed by atoms with Crippen molar-refractivity contribution >= 4 is 17.4 Å². The molecule has 5 nitrogen and oxygen atoms in total. The Morgan fingerprint density at radius 2 is 1.74 bits per heavy atom. The van der Waals surface area contributed by atoms with E-state index in [0.29, 0.717) is 33.9 Å². The van der Waals surface area contributed by atoms with Gasteiger partial charge in [0.2, 0.25) is 0 Å². The van der Waals surface area contributed by atoms with Gasteiger partial charge < -0.3 is 15.2 Å². The summed E-state index contributed by atoms with van der Waals surface area (Å²) in [6.07, 6.45) is 0. The number of ether oxygens (including phenoxy) is 2. The van der Waals surface area contributed by atoms with E-state index in [2.05, 4.69) is 4.98 Å². The van der Waals surface area contributed by atoms with Crippen LogP contribution in [0.15, 0.2) is 42.5 Å². The van der Waals surface area contributed by atoms with Crippen LogP contribution in [0.1, 0.15) is 5.56 Å². The Morgan fingerprint density at radius 3 is 2.37 bits per heavy atom. The molecule has 2 aromatic carbocycles. The van der Waals surface area contributed by atoms with Crippen molar-refractivity contribution in [2.75, 3.05) is 20.0 Å². The first-order chi connectivity index (χ1) is 13.0. The molecule has 0 aliphatic heterocycles. The molecule has 0 aliphatic rings. The second-order valence-corrected chi connectivity index (χ2v) is 6.03. The normalized spacial score (nSPS) is 10.3. The third-order valence-electron chi connectivity index (χ3n) is 4.07. The van der Waals surface area contributed by atoms with Crippen LogP contribution in [0.3, 0.4) is 0 Å². The molecule has 3 aromatic rings. The summed E-state index contributed by atoms with van der Waals surface area (Å²) in [7, 11) is 3.08. The molecule has 0 unspecified atom stereocenters. The number of benzene rings is 2. The summed E-state index contributed by atoms with van der Waals surface area (Å²) in [5, 5.41) is 9.47. The van der Waals surface area contributed by atoms with Crippen molar-refractivity contribution < 1.29 is 13.9 Å². The Bertz CT molecular complexity index is 1060. The zero-order chi connectivity index (χ0) is 19.6. The van der Waals surface area contributed by atoms with Gasteiger partial charge in [-0.2, -0.15) is 5.26 Å². The Labute approximate surface area is 160 Å². The first-order valence-corrected chi connectivity index (χ1v) is 8.24. The van der Waals surface area contributed by atoms with E-state index < -0.39 is 5.82 Å². The average molecular weight is 384 g/mol. The summed E-state index contributed by atoms with van der Waals surface area (Å²) in [6, 6.07) is 13.3. The number of methoxy groups -OCH3 is 2. The van der Waals surface area contributed by atoms with Crippen LogP contribution in [0.25, 0.3) is 22.4 Å². The molecule has 7 heteroatoms. The van der Waals surface area contributed by atoms with Crippen LogP contribution >= 0.6 is 11.6 Å². The predicted octanol–water partition coefficient (Wildman–Crippen LogP) is 4.68. The second-order valence-electron chi connectivity index (χ2n) is 5.63. The van der Waals surface area contributed by atoms with Crippen LogP contribution in [0, 0.1) is 17.1 Å². The highest BCUT2D eigenvalue weighted by Crippen LogP contribution is 2.36. The zero-order valence-corrected chi connectivity index (χ0v) is 15.3. The summed E-state index contributed by atoms with van der Waals surface area (Å²) in [6.45, 7) is 0. The van der Waals surface area contributed by atoms with Crippen molar-refractivity contribution in [2.24, 2.45) is 0 Å². The maximum atomic E-state index is 13.9. The number of pyridine rings is 1. The van der Waals surface area contributed by atoms with Gasteiger partial charge in [-0.05, 0) is 42.0 Å². The first kappa shape index (κ1) is 18.5. The van der Waals surface area contributed by atoms with Gasteiger partial charge in [0.1, 0.15) is 23.3 Å². The van der Waals surface area contributed by atoms with E-state index in [0.717, 1.165) is 0 Å². The van der Waals surface area contributed by atoms with Crippen molar-refractivity contribution in [2.45, 2.75) is 0 Å². The van der Waals surface area contributed by atoms with Gasteiger partial charge in [0.05, 0.1) is 24.9 Å². The monoisotopic (exact) mass is 383 g/mol. The van der Waals surface area contributed by atoms with Crippen LogP contribution in [0.4, 0.5) is 10.2 Å². The largest absolute Gasteiger partial charge is 0.493 e. The van der Waals surface area contributed by atoms with E-state index in [1.807, 2.05) is 6.07 Å². The lowest BCUT2D eigenvalue weighted by molar-refractivity contribution is 0.355. The van der Waals surface area contributed by atoms with Crippen LogP contribution in [0.2, 0.25) is 5.02 Å². The lowest BCUT2D eigenvalue weighted by Crippen LogP contribution is -2.00. The minimum Gasteiger partial charge on any atom is -0.493 e. The molecule has 2 N–H and O–H groups in total. The Morgan fingerprint density at radius 1 is 1.04 bits per heavy atom. The van der Waals surface area contributed by atoms with Gasteiger partial charge in [-0.1, -0.05) is 17.7 Å². The molecule has 0 atom stereocenters. The predicted molar refractivity (Wildman–Crippen MR) is 102 cm³/mol. The van der Waals surface area contributed by atoms with Gasteiger partial charge in [0, 0.05) is 11.1 Å². The van der Waals surface area contributed by atoms with E-state index in [1.54, 1.807) is 37.4 Å². The number of rotatable bonds is 4. The molecule has 0 amide bonds. The van der Waals surface area contributed by atoms with Crippen molar-refractivity contribution in [1.29, 1.82) is 5.26 Å². The second kappa shape index (κ2) is 7.52. The van der Waals surface area contributed by atoms with Gasteiger partial charge in [-0.15, -0.1) is 0 Å². The number of hydrogen-bond acceptors (Lipinski definition) is 5. The van der Waals surface area contributed by atoms with Gasteiger partial charge in [0.15, 0.2) is 11.5 Å². The molecule has 136 valence electrons. The first-order valence-electron chi connectivity index (χ1n) is 7.87. The van der Waals surface area contributed by atoms with E-state index >= 15 is 0 Å². The van der Waals surface area contributed by atoms with Crippen LogP contribution < -0.4 is 15.2 Å². The average Bonchev–Trinajstić information content (AvgIpc) is 2.68. The number of nitrogens with zero attached hydrogens (tertiary/aromatic N) is 2. The Hall–Kier alpha value is -3.30. The fraction of sp³-hybridized carbons (Fsp3) is 0.100. The number of halogens is 2. The molecule has 0 spiro atoms. The minimum atomic E-state index is -0.582. The fourth-order valence-electron chi connectivity index (χ4n) is 2.72. The smallest absolute Gasteiger partial charge is 0.161 e. The number of nitriles is 1. The molecule has 0 radical (unpaired) electrons. The van der Waals surface area contributed by atoms with Gasteiger partial charge in [-0.25, -0.2) is 9.37 Å². The molecular formula is C20H15ClFN3O2. The molecule has 1 aromatic heterocycles. The summed E-state index contributed by atoms with van der Waals surface area (Å²) in [5.74, 6) is 0.568. The van der Waals surface area contributed by atoms with E-state index in [-0.39, 0.29) is 16.4 Å². The summed E-state index contributed by atoms with van der Waals surface area (Å²) in [5.41, 5.74) is 8.32. The van der Waals surface area contributed by atoms with Crippen molar-refractivity contribution in [3.63, 3.8) is 0 Å². The Kier molecular flexibility index (Phi) is 5.15. The van der Waals surface area contributed by atoms with E-state index in [1.165, 1.54) is 19.2 Å². The van der Waals surface area contributed by atoms with E-state index in [4.69, 9.17) is 26.8 Å². The number of hydrogen-bond donors (Lipinski definition) is 1. The molecule has 1 heterocycles. The lowest BCUT2D eigenvalue weighted by Gasteiger charge is -2.12. The number of anilines is 1. The van der Waals surface area contributed by atoms with E-state index in [9.17, 15) is 9.65 Å². The molecule has 3 rings (SSSR count). The minimum absolute atomic E-state index is 0.000556. The maximum absolute atomic E-state index is 13.9. The molecule has 0 saturated heterocycles. The van der Waals surface area contributed by atoms with Crippen LogP contribution in [0.5, 0.6) is 11.5 Å². The van der Waals surface area contributed by atoms with Gasteiger partial charge in [-0.3, -0.25) is 0 Å². The molecule has 0 aliphatic carbocycles. The highest BCUT2D eigenvalue weighted by atomic mass is 35.5.